The molecule has 0 fully saturated rings. The summed E-state index contributed by atoms with van der Waals surface area (Å²) in [4.78, 5) is 18.3. The molecule has 8 heteroatoms. The summed E-state index contributed by atoms with van der Waals surface area (Å²) in [6.45, 7) is 0.423. The molecule has 0 aliphatic rings. The van der Waals surface area contributed by atoms with Crippen molar-refractivity contribution in [3.8, 4) is 6.07 Å². The largest absolute Gasteiger partial charge is 0.383 e. The number of nitrogen functional groups attached to an aromatic ring is 1. The van der Waals surface area contributed by atoms with Crippen LogP contribution in [0.25, 0.3) is 11.0 Å². The van der Waals surface area contributed by atoms with Crippen molar-refractivity contribution in [1.82, 2.24) is 14.5 Å². The number of benzene rings is 1. The number of rotatable bonds is 3. The maximum atomic E-state index is 10.7. The number of nitro benzene ring substituents is 1. The molecule has 0 saturated heterocycles. The van der Waals surface area contributed by atoms with Gasteiger partial charge in [-0.25, -0.2) is 9.97 Å². The Morgan fingerprint density at radius 2 is 2.05 bits per heavy atom. The van der Waals surface area contributed by atoms with Crippen LogP contribution in [0.5, 0.6) is 0 Å². The van der Waals surface area contributed by atoms with Crippen molar-refractivity contribution in [2.24, 2.45) is 0 Å². The molecular formula is C14H10N6O2. The topological polar surface area (TPSA) is 124 Å². The van der Waals surface area contributed by atoms with Crippen LogP contribution in [0.4, 0.5) is 11.5 Å². The van der Waals surface area contributed by atoms with Crippen LogP contribution in [0.1, 0.15) is 11.1 Å². The molecule has 0 atom stereocenters. The number of anilines is 1. The van der Waals surface area contributed by atoms with Gasteiger partial charge in [0.2, 0.25) is 0 Å². The predicted molar refractivity (Wildman–Crippen MR) is 78.9 cm³/mol. The molecule has 0 aliphatic carbocycles. The van der Waals surface area contributed by atoms with Gasteiger partial charge in [0.25, 0.3) is 5.69 Å². The fourth-order valence-corrected chi connectivity index (χ4v) is 2.27. The average molecular weight is 294 g/mol. The van der Waals surface area contributed by atoms with Gasteiger partial charge in [-0.15, -0.1) is 0 Å². The lowest BCUT2D eigenvalue weighted by molar-refractivity contribution is -0.384. The van der Waals surface area contributed by atoms with Crippen molar-refractivity contribution in [2.45, 2.75) is 6.54 Å². The summed E-state index contributed by atoms with van der Waals surface area (Å²) < 4.78 is 1.77. The molecule has 2 heterocycles. The minimum absolute atomic E-state index is 0.0328. The van der Waals surface area contributed by atoms with Gasteiger partial charge < -0.3 is 10.3 Å². The smallest absolute Gasteiger partial charge is 0.269 e. The zero-order valence-corrected chi connectivity index (χ0v) is 11.3. The van der Waals surface area contributed by atoms with Crippen molar-refractivity contribution in [3.63, 3.8) is 0 Å². The van der Waals surface area contributed by atoms with Gasteiger partial charge in [-0.1, -0.05) is 12.1 Å². The van der Waals surface area contributed by atoms with E-state index in [-0.39, 0.29) is 11.5 Å². The third kappa shape index (κ3) is 2.20. The molecule has 8 nitrogen and oxygen atoms in total. The fraction of sp³-hybridized carbons (Fsp3) is 0.0714. The second kappa shape index (κ2) is 5.14. The van der Waals surface area contributed by atoms with Gasteiger partial charge in [0, 0.05) is 24.9 Å². The van der Waals surface area contributed by atoms with E-state index in [1.54, 1.807) is 22.9 Å². The first-order valence-electron chi connectivity index (χ1n) is 6.33. The van der Waals surface area contributed by atoms with Crippen LogP contribution >= 0.6 is 0 Å². The van der Waals surface area contributed by atoms with Crippen LogP contribution in [-0.2, 0) is 6.54 Å². The van der Waals surface area contributed by atoms with E-state index >= 15 is 0 Å². The summed E-state index contributed by atoms with van der Waals surface area (Å²) in [6.07, 6.45) is 2.99. The van der Waals surface area contributed by atoms with Gasteiger partial charge in [0.05, 0.1) is 15.9 Å². The van der Waals surface area contributed by atoms with Crippen molar-refractivity contribution >= 4 is 22.5 Å². The van der Waals surface area contributed by atoms with Gasteiger partial charge in [0.1, 0.15) is 23.9 Å². The van der Waals surface area contributed by atoms with Gasteiger partial charge in [-0.2, -0.15) is 5.26 Å². The highest BCUT2D eigenvalue weighted by Crippen LogP contribution is 2.24. The van der Waals surface area contributed by atoms with E-state index in [0.29, 0.717) is 23.1 Å². The number of fused-ring (bicyclic) bond motifs is 1. The number of hydrogen-bond donors (Lipinski definition) is 1. The maximum Gasteiger partial charge on any atom is 0.269 e. The minimum atomic E-state index is -0.448. The van der Waals surface area contributed by atoms with Gasteiger partial charge >= 0.3 is 0 Å². The molecule has 0 amide bonds. The van der Waals surface area contributed by atoms with E-state index in [9.17, 15) is 15.4 Å². The van der Waals surface area contributed by atoms with Crippen LogP contribution in [0.2, 0.25) is 0 Å². The SMILES string of the molecule is N#Cc1cn(Cc2ccc([N+](=O)[O-])cc2)c2ncnc(N)c12. The van der Waals surface area contributed by atoms with E-state index in [2.05, 4.69) is 16.0 Å². The lowest BCUT2D eigenvalue weighted by Gasteiger charge is -2.04. The minimum Gasteiger partial charge on any atom is -0.383 e. The lowest BCUT2D eigenvalue weighted by Crippen LogP contribution is -2.00. The summed E-state index contributed by atoms with van der Waals surface area (Å²) in [6, 6.07) is 8.29. The number of nitriles is 1. The number of nitrogens with zero attached hydrogens (tertiary/aromatic N) is 5. The highest BCUT2D eigenvalue weighted by Gasteiger charge is 2.13. The highest BCUT2D eigenvalue weighted by molar-refractivity contribution is 5.91. The predicted octanol–water partition coefficient (Wildman–Crippen LogP) is 1.84. The molecule has 0 aliphatic heterocycles. The Balaban J connectivity index is 2.03. The third-order valence-electron chi connectivity index (χ3n) is 3.30. The number of hydrogen-bond acceptors (Lipinski definition) is 6. The summed E-state index contributed by atoms with van der Waals surface area (Å²) in [5, 5.41) is 20.4. The highest BCUT2D eigenvalue weighted by atomic mass is 16.6. The third-order valence-corrected chi connectivity index (χ3v) is 3.30. The van der Waals surface area contributed by atoms with Crippen molar-refractivity contribution < 1.29 is 4.92 Å². The van der Waals surface area contributed by atoms with E-state index in [1.165, 1.54) is 18.5 Å². The molecule has 1 aromatic carbocycles. The molecule has 2 N–H and O–H groups in total. The monoisotopic (exact) mass is 294 g/mol. The molecule has 22 heavy (non-hydrogen) atoms. The van der Waals surface area contributed by atoms with Crippen LogP contribution in [0.15, 0.2) is 36.8 Å². The Labute approximate surface area is 124 Å². The van der Waals surface area contributed by atoms with Gasteiger partial charge in [-0.05, 0) is 5.56 Å². The Bertz CT molecular complexity index is 907. The molecule has 0 saturated carbocycles. The molecule has 0 spiro atoms. The average Bonchev–Trinajstić information content (AvgIpc) is 2.87. The van der Waals surface area contributed by atoms with E-state index in [0.717, 1.165) is 5.56 Å². The Kier molecular flexibility index (Phi) is 3.16. The van der Waals surface area contributed by atoms with Crippen molar-refractivity contribution in [3.05, 3.63) is 58.0 Å². The summed E-state index contributed by atoms with van der Waals surface area (Å²) >= 11 is 0. The molecule has 3 aromatic rings. The second-order valence-corrected chi connectivity index (χ2v) is 4.66. The fourth-order valence-electron chi connectivity index (χ4n) is 2.27. The quantitative estimate of drug-likeness (QED) is 0.580. The molecule has 0 radical (unpaired) electrons. The Morgan fingerprint density at radius 3 is 2.68 bits per heavy atom. The van der Waals surface area contributed by atoms with E-state index < -0.39 is 4.92 Å². The van der Waals surface area contributed by atoms with Crippen LogP contribution in [0, 0.1) is 21.4 Å². The van der Waals surface area contributed by atoms with Gasteiger partial charge in [0.15, 0.2) is 0 Å². The number of nitrogens with two attached hydrogens (primary N) is 1. The normalized spacial score (nSPS) is 10.5. The number of non-ortho nitro benzene ring substituents is 1. The summed E-state index contributed by atoms with van der Waals surface area (Å²) in [7, 11) is 0. The number of aromatic nitrogens is 3. The van der Waals surface area contributed by atoms with E-state index in [4.69, 9.17) is 5.73 Å². The Hall–Kier alpha value is -3.47. The van der Waals surface area contributed by atoms with E-state index in [1.807, 2.05) is 0 Å². The first kappa shape index (κ1) is 13.5. The second-order valence-electron chi connectivity index (χ2n) is 4.66. The number of nitro groups is 1. The molecule has 0 unspecified atom stereocenters. The standard InChI is InChI=1S/C14H10N6O2/c15-5-10-7-19(14-12(10)13(16)17-8-18-14)6-9-1-3-11(4-2-9)20(21)22/h1-4,7-8H,6H2,(H2,16,17,18). The Morgan fingerprint density at radius 1 is 1.32 bits per heavy atom. The first-order valence-corrected chi connectivity index (χ1v) is 6.33. The first-order chi connectivity index (χ1) is 10.6. The molecule has 0 bridgehead atoms. The molecular weight excluding hydrogens is 284 g/mol. The maximum absolute atomic E-state index is 10.7. The van der Waals surface area contributed by atoms with Gasteiger partial charge in [-0.3, -0.25) is 10.1 Å². The van der Waals surface area contributed by atoms with Crippen molar-refractivity contribution in [1.29, 1.82) is 5.26 Å². The van der Waals surface area contributed by atoms with Crippen molar-refractivity contribution in [2.75, 3.05) is 5.73 Å². The summed E-state index contributed by atoms with van der Waals surface area (Å²) in [5.41, 5.74) is 7.64. The molecule has 3 rings (SSSR count). The zero-order chi connectivity index (χ0) is 15.7. The molecule has 2 aromatic heterocycles. The van der Waals surface area contributed by atoms with Crippen LogP contribution < -0.4 is 5.73 Å². The molecule has 108 valence electrons. The van der Waals surface area contributed by atoms with Crippen LogP contribution in [0.3, 0.4) is 0 Å². The zero-order valence-electron chi connectivity index (χ0n) is 11.3. The lowest BCUT2D eigenvalue weighted by atomic mass is 10.2. The van der Waals surface area contributed by atoms with Crippen LogP contribution in [-0.4, -0.2) is 19.5 Å². The summed E-state index contributed by atoms with van der Waals surface area (Å²) in [5.74, 6) is 0.254.